The van der Waals surface area contributed by atoms with Crippen LogP contribution in [-0.2, 0) is 0 Å². The van der Waals surface area contributed by atoms with Crippen LogP contribution in [0.25, 0.3) is 5.57 Å². The number of rotatable bonds is 7. The zero-order chi connectivity index (χ0) is 37.4. The number of nitrogens with zero attached hydrogens (tertiary/aromatic N) is 3. The minimum Gasteiger partial charge on any atom is -0.478 e. The highest BCUT2D eigenvalue weighted by Gasteiger charge is 2.70. The molecule has 1 heterocycles. The molecule has 2 amide bonds. The van der Waals surface area contributed by atoms with Crippen LogP contribution in [0.4, 0.5) is 4.79 Å². The van der Waals surface area contributed by atoms with Gasteiger partial charge in [0.1, 0.15) is 0 Å². The van der Waals surface area contributed by atoms with Gasteiger partial charge in [0.2, 0.25) is 0 Å². The van der Waals surface area contributed by atoms with Crippen molar-refractivity contribution in [1.29, 1.82) is 0 Å². The van der Waals surface area contributed by atoms with Crippen LogP contribution in [0.2, 0.25) is 0 Å². The van der Waals surface area contributed by atoms with E-state index in [4.69, 9.17) is 0 Å². The first-order valence-corrected chi connectivity index (χ1v) is 20.6. The molecule has 7 heteroatoms. The quantitative estimate of drug-likeness (QED) is 0.277. The van der Waals surface area contributed by atoms with Gasteiger partial charge in [-0.15, -0.1) is 0 Å². The summed E-state index contributed by atoms with van der Waals surface area (Å²) >= 11 is 0. The van der Waals surface area contributed by atoms with Crippen LogP contribution in [0.3, 0.4) is 0 Å². The molecule has 1 aliphatic heterocycles. The minimum absolute atomic E-state index is 0.00282. The molecule has 1 aromatic carbocycles. The number of carboxylic acid groups (broad SMARTS) is 1. The summed E-state index contributed by atoms with van der Waals surface area (Å²) in [6.07, 6.45) is 13.1. The fraction of sp³-hybridized carbons (Fsp3) is 0.733. The molecular formula is C45H68N4O3. The lowest BCUT2D eigenvalue weighted by Crippen LogP contribution is -2.69. The molecule has 52 heavy (non-hydrogen) atoms. The van der Waals surface area contributed by atoms with Gasteiger partial charge < -0.3 is 20.2 Å². The molecule has 0 unspecified atom stereocenters. The van der Waals surface area contributed by atoms with Crippen LogP contribution in [0.5, 0.6) is 0 Å². The number of urea groups is 1. The summed E-state index contributed by atoms with van der Waals surface area (Å²) < 4.78 is 0. The molecule has 5 fully saturated rings. The Morgan fingerprint density at radius 2 is 1.58 bits per heavy atom. The lowest BCUT2D eigenvalue weighted by molar-refractivity contribution is -0.218. The van der Waals surface area contributed by atoms with Crippen molar-refractivity contribution < 1.29 is 14.7 Å². The van der Waals surface area contributed by atoms with E-state index in [1.807, 2.05) is 12.1 Å². The van der Waals surface area contributed by atoms with Gasteiger partial charge in [0.15, 0.2) is 0 Å². The Hall–Kier alpha value is -2.64. The van der Waals surface area contributed by atoms with Crippen molar-refractivity contribution in [2.45, 2.75) is 105 Å². The summed E-state index contributed by atoms with van der Waals surface area (Å²) in [5.41, 5.74) is 4.72. The zero-order valence-corrected chi connectivity index (χ0v) is 33.7. The predicted octanol–water partition coefficient (Wildman–Crippen LogP) is 8.68. The van der Waals surface area contributed by atoms with Crippen LogP contribution in [0, 0.1) is 51.2 Å². The molecular weight excluding hydrogens is 645 g/mol. The maximum Gasteiger partial charge on any atom is 0.335 e. The normalized spacial score (nSPS) is 39.8. The number of benzene rings is 1. The standard InChI is InChI=1S/C45H68N4O3/c1-30(2)33-16-21-45(46-40(52)49-28-26-48(27-29-49)25-24-47(8)9)23-22-43(6)35(38(33)45)14-15-37-42(5)19-17-34(31-10-12-32(13-11-31)39(50)51)41(3,4)36(42)18-20-44(37,43)7/h10-13,17,33,35-38H,1,14-16,18-29H2,2-9H3,(H,46,52)(H,50,51)/t33-,35+,36-,37+,38+,42-,43+,44+,45-/m0/s1. The maximum absolute atomic E-state index is 14.2. The fourth-order valence-corrected chi connectivity index (χ4v) is 14.1. The third-order valence-electron chi connectivity index (χ3n) is 17.0. The number of carbonyl (C=O) groups excluding carboxylic acids is 1. The lowest BCUT2D eigenvalue weighted by atomic mass is 9.33. The van der Waals surface area contributed by atoms with Crippen molar-refractivity contribution in [3.8, 4) is 0 Å². The van der Waals surface area contributed by atoms with E-state index in [9.17, 15) is 14.7 Å². The van der Waals surface area contributed by atoms with Crippen molar-refractivity contribution in [2.24, 2.45) is 51.2 Å². The third-order valence-corrected chi connectivity index (χ3v) is 17.0. The average molecular weight is 713 g/mol. The van der Waals surface area contributed by atoms with Crippen LogP contribution in [-0.4, -0.2) is 90.7 Å². The molecule has 6 aliphatic rings. The van der Waals surface area contributed by atoms with Gasteiger partial charge in [-0.25, -0.2) is 9.59 Å². The number of likely N-dealkylation sites (N-methyl/N-ethyl adjacent to an activating group) is 1. The molecule has 286 valence electrons. The summed E-state index contributed by atoms with van der Waals surface area (Å²) in [7, 11) is 4.26. The molecule has 1 saturated heterocycles. The first-order chi connectivity index (χ1) is 24.5. The SMILES string of the molecule is C=C(C)[C@@H]1CC[C@]2(NC(=O)N3CCN(CCN(C)C)CC3)CC[C@]3(C)[C@H](CC[C@@H]4[C@@]5(C)CC=C(c6ccc(C(=O)O)cc6)C(C)(C)[C@@H]5CC[C@]43C)[C@@H]12. The van der Waals surface area contributed by atoms with E-state index in [1.165, 1.54) is 48.8 Å². The Labute approximate surface area is 314 Å². The molecule has 0 radical (unpaired) electrons. The van der Waals surface area contributed by atoms with Crippen LogP contribution in [0.1, 0.15) is 115 Å². The molecule has 9 atom stereocenters. The number of nitrogens with one attached hydrogen (secondary N) is 1. The minimum atomic E-state index is -0.870. The largest absolute Gasteiger partial charge is 0.478 e. The second kappa shape index (κ2) is 13.3. The second-order valence-electron chi connectivity index (χ2n) is 19.8. The van der Waals surface area contributed by atoms with Gasteiger partial charge in [-0.1, -0.05) is 65.0 Å². The smallest absolute Gasteiger partial charge is 0.335 e. The monoisotopic (exact) mass is 713 g/mol. The molecule has 2 N–H and O–H groups in total. The number of aromatic carboxylic acids is 1. The number of amides is 2. The number of hydrogen-bond acceptors (Lipinski definition) is 4. The van der Waals surface area contributed by atoms with Gasteiger partial charge in [0.05, 0.1) is 5.56 Å². The fourth-order valence-electron chi connectivity index (χ4n) is 14.1. The first-order valence-electron chi connectivity index (χ1n) is 20.6. The van der Waals surface area contributed by atoms with Gasteiger partial charge in [-0.05, 0) is 153 Å². The van der Waals surface area contributed by atoms with E-state index in [2.05, 4.69) is 88.3 Å². The molecule has 0 bridgehead atoms. The summed E-state index contributed by atoms with van der Waals surface area (Å²) in [4.78, 5) is 32.6. The van der Waals surface area contributed by atoms with E-state index in [0.717, 1.165) is 65.0 Å². The first kappa shape index (κ1) is 37.7. The molecule has 7 rings (SSSR count). The van der Waals surface area contributed by atoms with Crippen molar-refractivity contribution in [2.75, 3.05) is 53.4 Å². The Balaban J connectivity index is 1.13. The molecule has 1 aromatic rings. The number of carbonyl (C=O) groups is 2. The number of piperazine rings is 1. The second-order valence-corrected chi connectivity index (χ2v) is 19.8. The topological polar surface area (TPSA) is 76.1 Å². The summed E-state index contributed by atoms with van der Waals surface area (Å²) in [6.45, 7) is 25.4. The van der Waals surface area contributed by atoms with E-state index < -0.39 is 5.97 Å². The van der Waals surface area contributed by atoms with Crippen molar-refractivity contribution in [3.05, 3.63) is 53.6 Å². The lowest BCUT2D eigenvalue weighted by Gasteiger charge is -2.72. The number of allylic oxidation sites excluding steroid dienone is 3. The Morgan fingerprint density at radius 3 is 2.21 bits per heavy atom. The Morgan fingerprint density at radius 1 is 0.885 bits per heavy atom. The van der Waals surface area contributed by atoms with Gasteiger partial charge in [-0.2, -0.15) is 0 Å². The summed E-state index contributed by atoms with van der Waals surface area (Å²) in [5.74, 6) is 1.82. The maximum atomic E-state index is 14.2. The van der Waals surface area contributed by atoms with E-state index >= 15 is 0 Å². The van der Waals surface area contributed by atoms with Crippen LogP contribution in [0.15, 0.2) is 42.5 Å². The van der Waals surface area contributed by atoms with E-state index in [-0.39, 0.29) is 33.2 Å². The third kappa shape index (κ3) is 5.81. The zero-order valence-electron chi connectivity index (χ0n) is 33.7. The molecule has 5 aliphatic carbocycles. The number of fused-ring (bicyclic) bond motifs is 7. The predicted molar refractivity (Wildman–Crippen MR) is 211 cm³/mol. The van der Waals surface area contributed by atoms with Gasteiger partial charge >= 0.3 is 12.0 Å². The highest BCUT2D eigenvalue weighted by molar-refractivity contribution is 5.88. The Bertz CT molecular complexity index is 1590. The van der Waals surface area contributed by atoms with Crippen LogP contribution >= 0.6 is 0 Å². The summed E-state index contributed by atoms with van der Waals surface area (Å²) in [5, 5.41) is 13.3. The highest BCUT2D eigenvalue weighted by Crippen LogP contribution is 2.76. The molecule has 0 aromatic heterocycles. The summed E-state index contributed by atoms with van der Waals surface area (Å²) in [6, 6.07) is 7.75. The van der Waals surface area contributed by atoms with Crippen molar-refractivity contribution >= 4 is 17.6 Å². The van der Waals surface area contributed by atoms with Crippen LogP contribution < -0.4 is 5.32 Å². The van der Waals surface area contributed by atoms with Gasteiger partial charge in [-0.3, -0.25) is 4.90 Å². The van der Waals surface area contributed by atoms with E-state index in [1.54, 1.807) is 12.1 Å². The molecule has 7 nitrogen and oxygen atoms in total. The van der Waals surface area contributed by atoms with Crippen molar-refractivity contribution in [3.63, 3.8) is 0 Å². The number of hydrogen-bond donors (Lipinski definition) is 2. The van der Waals surface area contributed by atoms with Gasteiger partial charge in [0, 0.05) is 44.8 Å². The highest BCUT2D eigenvalue weighted by atomic mass is 16.4. The average Bonchev–Trinajstić information content (AvgIpc) is 3.47. The van der Waals surface area contributed by atoms with E-state index in [0.29, 0.717) is 35.2 Å². The number of carboxylic acids is 1. The van der Waals surface area contributed by atoms with Gasteiger partial charge in [0.25, 0.3) is 0 Å². The van der Waals surface area contributed by atoms with Crippen molar-refractivity contribution in [1.82, 2.24) is 20.0 Å². The molecule has 4 saturated carbocycles. The molecule has 0 spiro atoms. The Kier molecular flexibility index (Phi) is 9.62.